The second kappa shape index (κ2) is 31.5. The quantitative estimate of drug-likeness (QED) is 0.0288. The molecule has 11 heteroatoms. The van der Waals surface area contributed by atoms with Gasteiger partial charge in [0, 0.05) is 12.8 Å². The fraction of sp³-hybridized carbons (Fsp3) is 0.714. The Morgan fingerprint density at radius 2 is 1.20 bits per heavy atom. The van der Waals surface area contributed by atoms with Crippen molar-refractivity contribution >= 4 is 19.8 Å². The summed E-state index contributed by atoms with van der Waals surface area (Å²) in [5, 5.41) is 18.2. The van der Waals surface area contributed by atoms with Crippen LogP contribution in [0.2, 0.25) is 0 Å². The Morgan fingerprint density at radius 3 is 1.80 bits per heavy atom. The van der Waals surface area contributed by atoms with E-state index in [9.17, 15) is 24.2 Å². The number of hydrogen-bond donors (Lipinski definition) is 3. The second-order valence-corrected chi connectivity index (χ2v) is 12.6. The molecule has 0 bridgehead atoms. The van der Waals surface area contributed by atoms with Gasteiger partial charge in [-0.3, -0.25) is 18.6 Å². The molecule has 0 aliphatic carbocycles. The van der Waals surface area contributed by atoms with E-state index in [-0.39, 0.29) is 19.4 Å². The maximum atomic E-state index is 12.4. The highest BCUT2D eigenvalue weighted by Crippen LogP contribution is 2.43. The summed E-state index contributed by atoms with van der Waals surface area (Å²) in [5.74, 6) is -0.968. The number of rotatable bonds is 31. The third kappa shape index (κ3) is 30.6. The molecule has 0 spiro atoms. The molecule has 0 heterocycles. The molecule has 0 aliphatic rings. The summed E-state index contributed by atoms with van der Waals surface area (Å²) in [5.41, 5.74) is 0. The number of aliphatic hydroxyl groups excluding tert-OH is 2. The van der Waals surface area contributed by atoms with E-state index in [2.05, 4.69) is 67.0 Å². The van der Waals surface area contributed by atoms with Gasteiger partial charge in [0.2, 0.25) is 0 Å². The van der Waals surface area contributed by atoms with Gasteiger partial charge in [0.05, 0.1) is 19.8 Å². The molecular weight excluding hydrogens is 611 g/mol. The Kier molecular flexibility index (Phi) is 30.1. The Morgan fingerprint density at radius 1 is 0.674 bits per heavy atom. The summed E-state index contributed by atoms with van der Waals surface area (Å²) in [6.07, 6.45) is 30.1. The van der Waals surface area contributed by atoms with Crippen LogP contribution in [0.4, 0.5) is 0 Å². The number of esters is 2. The average Bonchev–Trinajstić information content (AvgIpc) is 3.04. The van der Waals surface area contributed by atoms with Gasteiger partial charge in [-0.25, -0.2) is 4.57 Å². The molecule has 10 nitrogen and oxygen atoms in total. The molecule has 266 valence electrons. The number of aliphatic hydroxyl groups is 2. The van der Waals surface area contributed by atoms with E-state index in [1.807, 2.05) is 0 Å². The van der Waals surface area contributed by atoms with Crippen LogP contribution < -0.4 is 0 Å². The molecule has 3 atom stereocenters. The number of phosphoric acid groups is 1. The van der Waals surface area contributed by atoms with Gasteiger partial charge in [0.1, 0.15) is 12.7 Å². The van der Waals surface area contributed by atoms with Crippen LogP contribution in [-0.2, 0) is 32.7 Å². The van der Waals surface area contributed by atoms with E-state index in [0.717, 1.165) is 83.5 Å². The zero-order chi connectivity index (χ0) is 34.1. The first-order valence-electron chi connectivity index (χ1n) is 17.1. The molecule has 0 radical (unpaired) electrons. The lowest BCUT2D eigenvalue weighted by Gasteiger charge is -2.20. The molecule has 0 aliphatic heterocycles. The normalized spacial score (nSPS) is 14.8. The standard InChI is InChI=1S/C35H61O10P/c1-3-5-7-9-10-11-12-13-14-15-16-17-18-19-20-21-22-23-25-27-35(39)45-33(30-42-34(38)26-24-8-6-4-2)31-44-46(40,41)43-29-32(37)28-36/h5,7,10-11,13-14,16-17,32-33,36-37H,3-4,6,8-9,12,15,18-31H2,1-2H3,(H,40,41)/b7-5-,11-10-,14-13-,17-16-. The SMILES string of the molecule is CC/C=C\C/C=C\C/C=C\C/C=C\CCCCCCCCC(=O)OC(COC(=O)CCCCCC)COP(=O)(O)OCC(O)CO. The number of ether oxygens (including phenoxy) is 2. The molecule has 0 aromatic heterocycles. The van der Waals surface area contributed by atoms with Crippen LogP contribution >= 0.6 is 7.82 Å². The Hall–Kier alpha value is -2.07. The van der Waals surface area contributed by atoms with Gasteiger partial charge in [0.25, 0.3) is 0 Å². The van der Waals surface area contributed by atoms with E-state index >= 15 is 0 Å². The van der Waals surface area contributed by atoms with Gasteiger partial charge in [-0.05, 0) is 51.4 Å². The maximum absolute atomic E-state index is 12.4. The predicted molar refractivity (Wildman–Crippen MR) is 182 cm³/mol. The number of phosphoric ester groups is 1. The van der Waals surface area contributed by atoms with Gasteiger partial charge >= 0.3 is 19.8 Å². The van der Waals surface area contributed by atoms with Crippen LogP contribution in [-0.4, -0.2) is 65.7 Å². The third-order valence-electron chi connectivity index (χ3n) is 6.75. The first kappa shape index (κ1) is 43.9. The monoisotopic (exact) mass is 672 g/mol. The Labute approximate surface area is 277 Å². The molecule has 3 unspecified atom stereocenters. The first-order valence-corrected chi connectivity index (χ1v) is 18.6. The van der Waals surface area contributed by atoms with Crippen LogP contribution in [0.5, 0.6) is 0 Å². The van der Waals surface area contributed by atoms with E-state index < -0.39 is 51.8 Å². The highest BCUT2D eigenvalue weighted by Gasteiger charge is 2.27. The molecule has 3 N–H and O–H groups in total. The summed E-state index contributed by atoms with van der Waals surface area (Å²) in [6.45, 7) is 2.07. The van der Waals surface area contributed by atoms with Crippen molar-refractivity contribution in [3.63, 3.8) is 0 Å². The van der Waals surface area contributed by atoms with Crippen molar-refractivity contribution in [2.45, 2.75) is 135 Å². The van der Waals surface area contributed by atoms with Gasteiger partial charge in [-0.15, -0.1) is 0 Å². The Bertz CT molecular complexity index is 915. The predicted octanol–water partition coefficient (Wildman–Crippen LogP) is 7.82. The maximum Gasteiger partial charge on any atom is 0.472 e. The van der Waals surface area contributed by atoms with Crippen molar-refractivity contribution in [3.05, 3.63) is 48.6 Å². The van der Waals surface area contributed by atoms with Crippen LogP contribution in [0, 0.1) is 0 Å². The highest BCUT2D eigenvalue weighted by atomic mass is 31.2. The number of carbonyl (C=O) groups is 2. The van der Waals surface area contributed by atoms with Gasteiger partial charge in [0.15, 0.2) is 6.10 Å². The zero-order valence-corrected chi connectivity index (χ0v) is 29.2. The van der Waals surface area contributed by atoms with Gasteiger partial charge < -0.3 is 24.6 Å². The van der Waals surface area contributed by atoms with Gasteiger partial charge in [-0.2, -0.15) is 0 Å². The van der Waals surface area contributed by atoms with Gasteiger partial charge in [-0.1, -0.05) is 107 Å². The van der Waals surface area contributed by atoms with Crippen molar-refractivity contribution in [3.8, 4) is 0 Å². The largest absolute Gasteiger partial charge is 0.472 e. The van der Waals surface area contributed by atoms with Crippen molar-refractivity contribution < 1.29 is 47.8 Å². The van der Waals surface area contributed by atoms with Crippen LogP contribution in [0.15, 0.2) is 48.6 Å². The van der Waals surface area contributed by atoms with E-state index in [1.54, 1.807) is 0 Å². The van der Waals surface area contributed by atoms with Crippen molar-refractivity contribution in [1.82, 2.24) is 0 Å². The minimum absolute atomic E-state index is 0.166. The van der Waals surface area contributed by atoms with E-state index in [4.69, 9.17) is 19.1 Å². The minimum atomic E-state index is -4.60. The number of hydrogen-bond acceptors (Lipinski definition) is 9. The Balaban J connectivity index is 4.26. The smallest absolute Gasteiger partial charge is 0.462 e. The molecule has 0 rings (SSSR count). The summed E-state index contributed by atoms with van der Waals surface area (Å²) in [4.78, 5) is 34.3. The summed E-state index contributed by atoms with van der Waals surface area (Å²) < 4.78 is 32.2. The third-order valence-corrected chi connectivity index (χ3v) is 7.70. The summed E-state index contributed by atoms with van der Waals surface area (Å²) >= 11 is 0. The van der Waals surface area contributed by atoms with Crippen molar-refractivity contribution in [2.75, 3.05) is 26.4 Å². The molecule has 0 aromatic carbocycles. The molecule has 0 saturated heterocycles. The molecule has 0 amide bonds. The fourth-order valence-electron chi connectivity index (χ4n) is 4.10. The lowest BCUT2D eigenvalue weighted by atomic mass is 10.1. The van der Waals surface area contributed by atoms with E-state index in [0.29, 0.717) is 12.8 Å². The highest BCUT2D eigenvalue weighted by molar-refractivity contribution is 7.47. The molecule has 46 heavy (non-hydrogen) atoms. The molecule has 0 fully saturated rings. The zero-order valence-electron chi connectivity index (χ0n) is 28.3. The minimum Gasteiger partial charge on any atom is -0.462 e. The molecular formula is C35H61O10P. The first-order chi connectivity index (χ1) is 22.2. The van der Waals surface area contributed by atoms with Crippen molar-refractivity contribution in [2.24, 2.45) is 0 Å². The number of carbonyl (C=O) groups excluding carboxylic acids is 2. The summed E-state index contributed by atoms with van der Waals surface area (Å²) in [7, 11) is -4.60. The number of unbranched alkanes of at least 4 members (excludes halogenated alkanes) is 9. The summed E-state index contributed by atoms with van der Waals surface area (Å²) in [6, 6.07) is 0. The fourth-order valence-corrected chi connectivity index (χ4v) is 4.89. The second-order valence-electron chi connectivity index (χ2n) is 11.2. The van der Waals surface area contributed by atoms with E-state index in [1.165, 1.54) is 0 Å². The lowest BCUT2D eigenvalue weighted by molar-refractivity contribution is -0.161. The molecule has 0 saturated carbocycles. The lowest BCUT2D eigenvalue weighted by Crippen LogP contribution is -2.29. The van der Waals surface area contributed by atoms with Crippen LogP contribution in [0.1, 0.15) is 123 Å². The number of allylic oxidation sites excluding steroid dienone is 8. The van der Waals surface area contributed by atoms with Crippen LogP contribution in [0.25, 0.3) is 0 Å². The van der Waals surface area contributed by atoms with Crippen molar-refractivity contribution in [1.29, 1.82) is 0 Å². The topological polar surface area (TPSA) is 149 Å². The average molecular weight is 673 g/mol. The van der Waals surface area contributed by atoms with Crippen LogP contribution in [0.3, 0.4) is 0 Å². The molecule has 0 aromatic rings.